The molecule has 0 radical (unpaired) electrons. The van der Waals surface area contributed by atoms with Crippen molar-refractivity contribution >= 4 is 5.91 Å². The lowest BCUT2D eigenvalue weighted by molar-refractivity contribution is -0.124. The zero-order valence-corrected chi connectivity index (χ0v) is 12.7. The number of nitrogens with one attached hydrogen (secondary N) is 3. The summed E-state index contributed by atoms with van der Waals surface area (Å²) < 4.78 is 0. The Labute approximate surface area is 120 Å². The maximum atomic E-state index is 12.4. The van der Waals surface area contributed by atoms with Crippen LogP contribution >= 0.6 is 0 Å². The van der Waals surface area contributed by atoms with Gasteiger partial charge in [-0.1, -0.05) is 13.8 Å². The molecule has 0 saturated carbocycles. The molecule has 1 aliphatic heterocycles. The number of amides is 1. The van der Waals surface area contributed by atoms with Crippen molar-refractivity contribution in [3.63, 3.8) is 0 Å². The minimum Gasteiger partial charge on any atom is -0.350 e. The van der Waals surface area contributed by atoms with Crippen LogP contribution in [-0.2, 0) is 17.8 Å². The summed E-state index contributed by atoms with van der Waals surface area (Å²) in [7, 11) is 4.05. The first-order valence-corrected chi connectivity index (χ1v) is 7.17. The van der Waals surface area contributed by atoms with Crippen LogP contribution in [0.1, 0.15) is 25.2 Å². The third kappa shape index (κ3) is 3.58. The lowest BCUT2D eigenvalue weighted by Gasteiger charge is -2.29. The molecule has 0 fully saturated rings. The van der Waals surface area contributed by atoms with E-state index in [0.29, 0.717) is 18.9 Å². The predicted molar refractivity (Wildman–Crippen MR) is 78.2 cm³/mol. The van der Waals surface area contributed by atoms with Crippen LogP contribution in [0.15, 0.2) is 6.33 Å². The lowest BCUT2D eigenvalue weighted by atomic mass is 10.0. The molecule has 2 atom stereocenters. The predicted octanol–water partition coefficient (Wildman–Crippen LogP) is 0.126. The van der Waals surface area contributed by atoms with Gasteiger partial charge >= 0.3 is 0 Å². The molecule has 0 bridgehead atoms. The van der Waals surface area contributed by atoms with Crippen LogP contribution in [0.3, 0.4) is 0 Å². The Balaban J connectivity index is 1.94. The summed E-state index contributed by atoms with van der Waals surface area (Å²) in [4.78, 5) is 21.9. The number of hydrogen-bond acceptors (Lipinski definition) is 4. The van der Waals surface area contributed by atoms with Gasteiger partial charge in [-0.3, -0.25) is 10.1 Å². The lowest BCUT2D eigenvalue weighted by Crippen LogP contribution is -2.53. The molecule has 1 aromatic heterocycles. The van der Waals surface area contributed by atoms with Crippen molar-refractivity contribution in [3.8, 4) is 0 Å². The highest BCUT2D eigenvalue weighted by atomic mass is 16.2. The van der Waals surface area contributed by atoms with Gasteiger partial charge in [0.2, 0.25) is 5.91 Å². The maximum Gasteiger partial charge on any atom is 0.237 e. The fourth-order valence-electron chi connectivity index (χ4n) is 2.45. The van der Waals surface area contributed by atoms with Gasteiger partial charge in [0, 0.05) is 25.6 Å². The van der Waals surface area contributed by atoms with Gasteiger partial charge in [0.25, 0.3) is 0 Å². The van der Waals surface area contributed by atoms with Crippen molar-refractivity contribution in [2.24, 2.45) is 5.92 Å². The third-order valence-corrected chi connectivity index (χ3v) is 3.74. The number of imidazole rings is 1. The Bertz CT molecular complexity index is 454. The molecular weight excluding hydrogens is 254 g/mol. The second kappa shape index (κ2) is 6.37. The highest BCUT2D eigenvalue weighted by Gasteiger charge is 2.28. The molecule has 2 rings (SSSR count). The number of H-pyrrole nitrogens is 1. The number of rotatable bonds is 5. The molecule has 2 unspecified atom stereocenters. The number of nitrogens with zero attached hydrogens (tertiary/aromatic N) is 2. The second-order valence-electron chi connectivity index (χ2n) is 6.09. The van der Waals surface area contributed by atoms with Gasteiger partial charge in [-0.25, -0.2) is 4.98 Å². The summed E-state index contributed by atoms with van der Waals surface area (Å²) in [6, 6.07) is -0.0194. The topological polar surface area (TPSA) is 73.0 Å². The number of fused-ring (bicyclic) bond motifs is 1. The van der Waals surface area contributed by atoms with E-state index in [0.717, 1.165) is 17.9 Å². The van der Waals surface area contributed by atoms with Crippen LogP contribution in [0.4, 0.5) is 0 Å². The summed E-state index contributed by atoms with van der Waals surface area (Å²) in [6.07, 6.45) is 2.34. The van der Waals surface area contributed by atoms with Crippen molar-refractivity contribution in [1.82, 2.24) is 25.5 Å². The minimum atomic E-state index is -0.186. The third-order valence-electron chi connectivity index (χ3n) is 3.74. The van der Waals surface area contributed by atoms with Gasteiger partial charge in [-0.05, 0) is 20.0 Å². The van der Waals surface area contributed by atoms with Crippen LogP contribution in [0.25, 0.3) is 0 Å². The quantitative estimate of drug-likeness (QED) is 0.716. The summed E-state index contributed by atoms with van der Waals surface area (Å²) in [5.41, 5.74) is 2.08. The fraction of sp³-hybridized carbons (Fsp3) is 0.714. The number of aromatic nitrogens is 2. The van der Waals surface area contributed by atoms with Crippen LogP contribution in [-0.4, -0.2) is 53.5 Å². The molecule has 1 aromatic rings. The maximum absolute atomic E-state index is 12.4. The smallest absolute Gasteiger partial charge is 0.237 e. The Kier molecular flexibility index (Phi) is 4.77. The monoisotopic (exact) mass is 279 g/mol. The van der Waals surface area contributed by atoms with E-state index in [1.54, 1.807) is 6.33 Å². The minimum absolute atomic E-state index is 0.0687. The Morgan fingerprint density at radius 1 is 1.55 bits per heavy atom. The first-order chi connectivity index (χ1) is 9.47. The molecule has 2 heterocycles. The summed E-state index contributed by atoms with van der Waals surface area (Å²) in [5.74, 6) is 0.477. The van der Waals surface area contributed by atoms with E-state index in [4.69, 9.17) is 0 Å². The molecule has 6 heteroatoms. The van der Waals surface area contributed by atoms with Crippen LogP contribution in [0.2, 0.25) is 0 Å². The molecule has 0 spiro atoms. The van der Waals surface area contributed by atoms with Gasteiger partial charge in [0.05, 0.1) is 23.8 Å². The zero-order valence-electron chi connectivity index (χ0n) is 12.7. The van der Waals surface area contributed by atoms with Crippen molar-refractivity contribution < 1.29 is 4.79 Å². The van der Waals surface area contributed by atoms with Gasteiger partial charge in [0.1, 0.15) is 0 Å². The first kappa shape index (κ1) is 15.0. The first-order valence-electron chi connectivity index (χ1n) is 7.17. The van der Waals surface area contributed by atoms with Crippen molar-refractivity contribution in [2.75, 3.05) is 20.6 Å². The van der Waals surface area contributed by atoms with Gasteiger partial charge in [0.15, 0.2) is 0 Å². The van der Waals surface area contributed by atoms with E-state index < -0.39 is 0 Å². The Morgan fingerprint density at radius 2 is 2.30 bits per heavy atom. The average molecular weight is 279 g/mol. The van der Waals surface area contributed by atoms with Crippen molar-refractivity contribution in [2.45, 2.75) is 38.9 Å². The van der Waals surface area contributed by atoms with E-state index in [-0.39, 0.29) is 18.0 Å². The number of carbonyl (C=O) groups excluding carboxylic acids is 1. The average Bonchev–Trinajstić information content (AvgIpc) is 2.84. The molecule has 1 amide bonds. The number of carbonyl (C=O) groups is 1. The van der Waals surface area contributed by atoms with Gasteiger partial charge in [-0.2, -0.15) is 0 Å². The molecule has 3 N–H and O–H groups in total. The standard InChI is InChI=1S/C14H25N5O/c1-9(2)13(7-19(3)4)18-14(20)11-5-10-12(6-15-11)17-8-16-10/h8-9,11,13,15H,5-7H2,1-4H3,(H,16,17)(H,18,20). The molecule has 0 saturated heterocycles. The fourth-order valence-corrected chi connectivity index (χ4v) is 2.45. The van der Waals surface area contributed by atoms with E-state index >= 15 is 0 Å². The SMILES string of the molecule is CC(C)C(CN(C)C)NC(=O)C1Cc2nc[nH]c2CN1. The largest absolute Gasteiger partial charge is 0.350 e. The van der Waals surface area contributed by atoms with Gasteiger partial charge in [-0.15, -0.1) is 0 Å². The summed E-state index contributed by atoms with van der Waals surface area (Å²) >= 11 is 0. The van der Waals surface area contributed by atoms with Crippen LogP contribution in [0, 0.1) is 5.92 Å². The number of aromatic amines is 1. The highest BCUT2D eigenvalue weighted by Crippen LogP contribution is 2.13. The molecule has 0 aromatic carbocycles. The Morgan fingerprint density at radius 3 is 2.95 bits per heavy atom. The van der Waals surface area contributed by atoms with Gasteiger partial charge < -0.3 is 15.2 Å². The zero-order chi connectivity index (χ0) is 14.7. The van der Waals surface area contributed by atoms with Crippen molar-refractivity contribution in [3.05, 3.63) is 17.7 Å². The molecule has 112 valence electrons. The van der Waals surface area contributed by atoms with E-state index in [2.05, 4.69) is 39.3 Å². The summed E-state index contributed by atoms with van der Waals surface area (Å²) in [5, 5.41) is 6.42. The van der Waals surface area contributed by atoms with Crippen molar-refractivity contribution in [1.29, 1.82) is 0 Å². The molecule has 1 aliphatic rings. The molecule has 20 heavy (non-hydrogen) atoms. The van der Waals surface area contributed by atoms with E-state index in [1.165, 1.54) is 0 Å². The van der Waals surface area contributed by atoms with Crippen LogP contribution < -0.4 is 10.6 Å². The second-order valence-corrected chi connectivity index (χ2v) is 6.09. The molecule has 0 aliphatic carbocycles. The van der Waals surface area contributed by atoms with Crippen LogP contribution in [0.5, 0.6) is 0 Å². The highest BCUT2D eigenvalue weighted by molar-refractivity contribution is 5.82. The Hall–Kier alpha value is -1.40. The number of hydrogen-bond donors (Lipinski definition) is 3. The molecular formula is C14H25N5O. The normalized spacial score (nSPS) is 20.0. The summed E-state index contributed by atoms with van der Waals surface area (Å²) in [6.45, 7) is 5.79. The van der Waals surface area contributed by atoms with E-state index in [1.807, 2.05) is 14.1 Å². The number of likely N-dealkylation sites (N-methyl/N-ethyl adjacent to an activating group) is 1. The molecule has 6 nitrogen and oxygen atoms in total. The van der Waals surface area contributed by atoms with E-state index in [9.17, 15) is 4.79 Å².